The van der Waals surface area contributed by atoms with E-state index in [1.54, 1.807) is 41.3 Å². The van der Waals surface area contributed by atoms with E-state index >= 15 is 0 Å². The average molecular weight is 630 g/mol. The van der Waals surface area contributed by atoms with Crippen molar-refractivity contribution in [3.8, 4) is 11.5 Å². The highest BCUT2D eigenvalue weighted by molar-refractivity contribution is 9.10. The molecule has 0 aliphatic carbocycles. The molecule has 0 aromatic heterocycles. The van der Waals surface area contributed by atoms with Crippen molar-refractivity contribution in [3.05, 3.63) is 60.9 Å². The highest BCUT2D eigenvalue weighted by Crippen LogP contribution is 2.40. The highest BCUT2D eigenvalue weighted by Gasteiger charge is 2.37. The normalized spacial score (nSPS) is 17.0. The third-order valence-corrected chi connectivity index (χ3v) is 7.63. The van der Waals surface area contributed by atoms with Crippen LogP contribution in [0.15, 0.2) is 39.7 Å². The Bertz CT molecular complexity index is 1250. The summed E-state index contributed by atoms with van der Waals surface area (Å²) in [5.74, 6) is 0.128. The number of hydrogen-bond acceptors (Lipinski definition) is 7. The molecule has 2 aliphatic rings. The number of carbonyl (C=O) groups is 3. The largest absolute Gasteiger partial charge is 0.490 e. The van der Waals surface area contributed by atoms with Gasteiger partial charge in [-0.3, -0.25) is 19.3 Å². The molecule has 0 bridgehead atoms. The van der Waals surface area contributed by atoms with Crippen LogP contribution in [0.1, 0.15) is 18.1 Å². The summed E-state index contributed by atoms with van der Waals surface area (Å²) in [5.41, 5.74) is 1.38. The van der Waals surface area contributed by atoms with Crippen molar-refractivity contribution in [1.29, 1.82) is 0 Å². The van der Waals surface area contributed by atoms with Crippen LogP contribution in [0.5, 0.6) is 11.5 Å². The van der Waals surface area contributed by atoms with Gasteiger partial charge in [-0.2, -0.15) is 0 Å². The summed E-state index contributed by atoms with van der Waals surface area (Å²) in [6.45, 7) is 3.88. The Balaban J connectivity index is 1.51. The average Bonchev–Trinajstić information content (AvgIpc) is 3.12. The van der Waals surface area contributed by atoms with Crippen LogP contribution in [0.4, 0.5) is 4.79 Å². The van der Waals surface area contributed by atoms with Crippen molar-refractivity contribution in [1.82, 2.24) is 9.80 Å². The maximum Gasteiger partial charge on any atom is 0.294 e. The number of carbonyl (C=O) groups excluding carboxylic acids is 3. The quantitative estimate of drug-likeness (QED) is 0.350. The van der Waals surface area contributed by atoms with Gasteiger partial charge in [0.05, 0.1) is 29.2 Å². The van der Waals surface area contributed by atoms with E-state index in [4.69, 9.17) is 37.4 Å². The number of imide groups is 1. The van der Waals surface area contributed by atoms with Crippen molar-refractivity contribution in [2.75, 3.05) is 39.5 Å². The van der Waals surface area contributed by atoms with Gasteiger partial charge in [0.2, 0.25) is 5.91 Å². The van der Waals surface area contributed by atoms with E-state index in [0.29, 0.717) is 64.5 Å². The van der Waals surface area contributed by atoms with Gasteiger partial charge in [-0.1, -0.05) is 29.3 Å². The first-order valence-corrected chi connectivity index (χ1v) is 13.8. The summed E-state index contributed by atoms with van der Waals surface area (Å²) in [7, 11) is 0. The fraction of sp³-hybridized carbons (Fsp3) is 0.320. The second-order valence-electron chi connectivity index (χ2n) is 8.05. The molecule has 0 N–H and O–H groups in total. The maximum absolute atomic E-state index is 12.9. The molecule has 0 saturated carbocycles. The molecule has 2 fully saturated rings. The number of ether oxygens (including phenoxy) is 3. The lowest BCUT2D eigenvalue weighted by atomic mass is 10.1. The van der Waals surface area contributed by atoms with Gasteiger partial charge in [0.15, 0.2) is 11.5 Å². The molecule has 196 valence electrons. The molecule has 2 aromatic carbocycles. The fourth-order valence-electron chi connectivity index (χ4n) is 3.70. The van der Waals surface area contributed by atoms with Crippen molar-refractivity contribution in [2.45, 2.75) is 13.5 Å². The van der Waals surface area contributed by atoms with Crippen molar-refractivity contribution >= 4 is 74.0 Å². The lowest BCUT2D eigenvalue weighted by Crippen LogP contribution is -2.46. The van der Waals surface area contributed by atoms with E-state index < -0.39 is 11.1 Å². The van der Waals surface area contributed by atoms with Crippen LogP contribution in [-0.4, -0.2) is 66.3 Å². The second-order valence-corrected chi connectivity index (χ2v) is 10.7. The van der Waals surface area contributed by atoms with Crippen LogP contribution in [0, 0.1) is 0 Å². The third-order valence-electron chi connectivity index (χ3n) is 5.55. The molecule has 12 heteroatoms. The smallest absolute Gasteiger partial charge is 0.294 e. The van der Waals surface area contributed by atoms with Gasteiger partial charge in [0.25, 0.3) is 11.1 Å². The van der Waals surface area contributed by atoms with E-state index in [9.17, 15) is 14.4 Å². The minimum absolute atomic E-state index is 0.185. The molecular weight excluding hydrogens is 607 g/mol. The second kappa shape index (κ2) is 12.5. The summed E-state index contributed by atoms with van der Waals surface area (Å²) in [6, 6.07) is 8.64. The minimum atomic E-state index is -0.511. The monoisotopic (exact) mass is 628 g/mol. The first kappa shape index (κ1) is 27.8. The maximum atomic E-state index is 12.9. The number of rotatable bonds is 8. The van der Waals surface area contributed by atoms with Gasteiger partial charge in [-0.25, -0.2) is 0 Å². The fourth-order valence-corrected chi connectivity index (χ4v) is 5.57. The number of amides is 3. The molecule has 0 atom stereocenters. The van der Waals surface area contributed by atoms with Crippen molar-refractivity contribution in [3.63, 3.8) is 0 Å². The summed E-state index contributed by atoms with van der Waals surface area (Å²) in [4.78, 5) is 40.8. The molecule has 4 rings (SSSR count). The number of thioether (sulfide) groups is 1. The molecule has 2 aromatic rings. The van der Waals surface area contributed by atoms with Gasteiger partial charge in [0, 0.05) is 28.7 Å². The Hall–Kier alpha value is -2.24. The minimum Gasteiger partial charge on any atom is -0.490 e. The Morgan fingerprint density at radius 3 is 2.62 bits per heavy atom. The predicted octanol–water partition coefficient (Wildman–Crippen LogP) is 5.63. The molecular formula is C25H23BrCl2N2O6S. The zero-order valence-corrected chi connectivity index (χ0v) is 23.7. The molecule has 2 aliphatic heterocycles. The van der Waals surface area contributed by atoms with E-state index in [1.807, 2.05) is 6.92 Å². The van der Waals surface area contributed by atoms with Gasteiger partial charge in [0.1, 0.15) is 13.2 Å². The lowest BCUT2D eigenvalue weighted by Gasteiger charge is -2.28. The standard InChI is InChI=1S/C25H23BrCl2N2O6S/c1-2-35-20-10-15(9-18(26)23(20)36-14-16-3-4-17(27)12-19(16)28)11-21-24(32)30(25(33)37-21)13-22(31)29-5-7-34-8-6-29/h3-4,9-12H,2,5-8,13-14H2,1H3/b21-11-. The number of hydrogen-bond donors (Lipinski definition) is 0. The number of halogens is 3. The third kappa shape index (κ3) is 6.80. The van der Waals surface area contributed by atoms with Crippen LogP contribution in [0.2, 0.25) is 10.0 Å². The van der Waals surface area contributed by atoms with Gasteiger partial charge in [-0.05, 0) is 70.5 Å². The molecule has 0 radical (unpaired) electrons. The molecule has 8 nitrogen and oxygen atoms in total. The van der Waals surface area contributed by atoms with Crippen LogP contribution in [-0.2, 0) is 20.9 Å². The Labute approximate surface area is 236 Å². The Morgan fingerprint density at radius 2 is 1.92 bits per heavy atom. The zero-order chi connectivity index (χ0) is 26.5. The van der Waals surface area contributed by atoms with Crippen molar-refractivity contribution in [2.24, 2.45) is 0 Å². The summed E-state index contributed by atoms with van der Waals surface area (Å²) < 4.78 is 17.6. The van der Waals surface area contributed by atoms with Crippen LogP contribution >= 0.6 is 50.9 Å². The number of morpholine rings is 1. The first-order chi connectivity index (χ1) is 17.8. The SMILES string of the molecule is CCOc1cc(/C=C2\SC(=O)N(CC(=O)N3CCOCC3)C2=O)cc(Br)c1OCc1ccc(Cl)cc1Cl. The molecule has 2 saturated heterocycles. The molecule has 37 heavy (non-hydrogen) atoms. The van der Waals surface area contributed by atoms with Crippen molar-refractivity contribution < 1.29 is 28.6 Å². The number of benzene rings is 2. The summed E-state index contributed by atoms with van der Waals surface area (Å²) >= 11 is 16.5. The van der Waals surface area contributed by atoms with Crippen LogP contribution in [0.25, 0.3) is 6.08 Å². The molecule has 3 amide bonds. The van der Waals surface area contributed by atoms with E-state index in [1.165, 1.54) is 0 Å². The highest BCUT2D eigenvalue weighted by atomic mass is 79.9. The Morgan fingerprint density at radius 1 is 1.16 bits per heavy atom. The topological polar surface area (TPSA) is 85.4 Å². The van der Waals surface area contributed by atoms with Gasteiger partial charge >= 0.3 is 0 Å². The van der Waals surface area contributed by atoms with Gasteiger partial charge < -0.3 is 19.1 Å². The van der Waals surface area contributed by atoms with Crippen LogP contribution < -0.4 is 9.47 Å². The predicted molar refractivity (Wildman–Crippen MR) is 146 cm³/mol. The van der Waals surface area contributed by atoms with E-state index in [-0.39, 0.29) is 24.0 Å². The zero-order valence-electron chi connectivity index (χ0n) is 19.8. The molecule has 0 spiro atoms. The first-order valence-electron chi connectivity index (χ1n) is 11.4. The lowest BCUT2D eigenvalue weighted by molar-refractivity contribution is -0.139. The number of nitrogens with zero attached hydrogens (tertiary/aromatic N) is 2. The van der Waals surface area contributed by atoms with E-state index in [2.05, 4.69) is 15.9 Å². The van der Waals surface area contributed by atoms with Gasteiger partial charge in [-0.15, -0.1) is 0 Å². The summed E-state index contributed by atoms with van der Waals surface area (Å²) in [6.07, 6.45) is 1.59. The molecule has 2 heterocycles. The van der Waals surface area contributed by atoms with Crippen LogP contribution in [0.3, 0.4) is 0 Å². The molecule has 0 unspecified atom stereocenters. The Kier molecular flexibility index (Phi) is 9.41. The van der Waals surface area contributed by atoms with E-state index in [0.717, 1.165) is 22.2 Å². The summed E-state index contributed by atoms with van der Waals surface area (Å²) in [5, 5.41) is 0.534.